The van der Waals surface area contributed by atoms with Gasteiger partial charge in [-0.05, 0) is 50.6 Å². The number of carbonyl (C=O) groups excluding carboxylic acids is 1. The summed E-state index contributed by atoms with van der Waals surface area (Å²) in [6.07, 6.45) is 1.84. The molecule has 0 radical (unpaired) electrons. The van der Waals surface area contributed by atoms with Gasteiger partial charge in [-0.1, -0.05) is 30.3 Å². The summed E-state index contributed by atoms with van der Waals surface area (Å²) in [7, 11) is 0. The van der Waals surface area contributed by atoms with Crippen LogP contribution in [0, 0.1) is 0 Å². The highest BCUT2D eigenvalue weighted by molar-refractivity contribution is 7.98. The van der Waals surface area contributed by atoms with Crippen LogP contribution in [0.3, 0.4) is 0 Å². The molecule has 0 aliphatic carbocycles. The molecule has 0 fully saturated rings. The average Bonchev–Trinajstić information content (AvgIpc) is 2.58. The number of thioether (sulfide) groups is 1. The lowest BCUT2D eigenvalue weighted by molar-refractivity contribution is 0.0916. The van der Waals surface area contributed by atoms with Crippen molar-refractivity contribution in [3.63, 3.8) is 0 Å². The zero-order chi connectivity index (χ0) is 17.9. The number of para-hydroxylation sites is 1. The van der Waals surface area contributed by atoms with E-state index in [0.29, 0.717) is 0 Å². The van der Waals surface area contributed by atoms with Gasteiger partial charge in [-0.3, -0.25) is 9.78 Å². The number of aromatic nitrogens is 1. The minimum absolute atomic E-state index is 0.0322. The summed E-state index contributed by atoms with van der Waals surface area (Å²) in [4.78, 5) is 18.0. The predicted molar refractivity (Wildman–Crippen MR) is 105 cm³/mol. The molecule has 1 heterocycles. The van der Waals surface area contributed by atoms with E-state index in [1.807, 2.05) is 75.5 Å². The summed E-state index contributed by atoms with van der Waals surface area (Å²) in [6, 6.07) is 18.0. The van der Waals surface area contributed by atoms with Gasteiger partial charge in [0.1, 0.15) is 0 Å². The van der Waals surface area contributed by atoms with E-state index < -0.39 is 0 Å². The van der Waals surface area contributed by atoms with Crippen LogP contribution in [-0.2, 0) is 5.75 Å². The first-order valence-electron chi connectivity index (χ1n) is 8.31. The summed E-state index contributed by atoms with van der Waals surface area (Å²) in [5, 5.41) is 4.20. The van der Waals surface area contributed by atoms with Crippen LogP contribution in [0.15, 0.2) is 65.7 Å². The van der Waals surface area contributed by atoms with E-state index in [1.54, 1.807) is 11.8 Å². The second-order valence-corrected chi connectivity index (χ2v) is 7.99. The van der Waals surface area contributed by atoms with Gasteiger partial charge in [0.05, 0.1) is 11.1 Å². The predicted octanol–water partition coefficient (Wildman–Crippen LogP) is 5.06. The molecule has 1 amide bonds. The van der Waals surface area contributed by atoms with Gasteiger partial charge in [0.15, 0.2) is 0 Å². The number of pyridine rings is 1. The van der Waals surface area contributed by atoms with Crippen LogP contribution in [0.5, 0.6) is 0 Å². The van der Waals surface area contributed by atoms with E-state index >= 15 is 0 Å². The van der Waals surface area contributed by atoms with Crippen LogP contribution in [-0.4, -0.2) is 16.4 Å². The molecule has 2 aromatic carbocycles. The standard InChI is InChI=1S/C21H22N2OS/c1-21(2,3)23-20(24)17-9-5-7-11-19(17)25-14-15-12-13-22-18-10-6-4-8-16(15)18/h4-13H,14H2,1-3H3,(H,23,24). The summed E-state index contributed by atoms with van der Waals surface area (Å²) in [6.45, 7) is 5.97. The van der Waals surface area contributed by atoms with E-state index in [0.717, 1.165) is 27.1 Å². The third kappa shape index (κ3) is 4.40. The summed E-state index contributed by atoms with van der Waals surface area (Å²) in [5.74, 6) is 0.762. The molecule has 25 heavy (non-hydrogen) atoms. The van der Waals surface area contributed by atoms with Crippen LogP contribution >= 0.6 is 11.8 Å². The largest absolute Gasteiger partial charge is 0.347 e. The third-order valence-electron chi connectivity index (χ3n) is 3.74. The van der Waals surface area contributed by atoms with Gasteiger partial charge < -0.3 is 5.32 Å². The molecule has 1 aromatic heterocycles. The first kappa shape index (κ1) is 17.5. The third-order valence-corrected chi connectivity index (χ3v) is 4.87. The van der Waals surface area contributed by atoms with Crippen LogP contribution in [0.1, 0.15) is 36.7 Å². The Kier molecular flexibility index (Phi) is 5.09. The molecular weight excluding hydrogens is 328 g/mol. The van der Waals surface area contributed by atoms with Crippen molar-refractivity contribution in [2.75, 3.05) is 0 Å². The second-order valence-electron chi connectivity index (χ2n) is 6.98. The van der Waals surface area contributed by atoms with Gasteiger partial charge in [-0.15, -0.1) is 11.8 Å². The minimum Gasteiger partial charge on any atom is -0.347 e. The first-order chi connectivity index (χ1) is 11.9. The highest BCUT2D eigenvalue weighted by Crippen LogP contribution is 2.29. The van der Waals surface area contributed by atoms with Crippen molar-refractivity contribution in [1.82, 2.24) is 10.3 Å². The summed E-state index contributed by atoms with van der Waals surface area (Å²) in [5.41, 5.74) is 2.69. The van der Waals surface area contributed by atoms with Gasteiger partial charge in [-0.2, -0.15) is 0 Å². The average molecular weight is 350 g/mol. The molecule has 0 aliphatic heterocycles. The van der Waals surface area contributed by atoms with Crippen molar-refractivity contribution in [3.8, 4) is 0 Å². The lowest BCUT2D eigenvalue weighted by atomic mass is 10.1. The molecule has 3 aromatic rings. The number of rotatable bonds is 4. The Morgan fingerprint density at radius 2 is 1.76 bits per heavy atom. The minimum atomic E-state index is -0.254. The molecule has 0 bridgehead atoms. The Morgan fingerprint density at radius 1 is 1.04 bits per heavy atom. The fourth-order valence-corrected chi connectivity index (χ4v) is 3.68. The Labute approximate surface area is 152 Å². The monoisotopic (exact) mass is 350 g/mol. The highest BCUT2D eigenvalue weighted by Gasteiger charge is 2.18. The molecule has 1 N–H and O–H groups in total. The quantitative estimate of drug-likeness (QED) is 0.669. The van der Waals surface area contributed by atoms with Crippen molar-refractivity contribution in [2.45, 2.75) is 37.0 Å². The summed E-state index contributed by atoms with van der Waals surface area (Å²) >= 11 is 1.68. The van der Waals surface area contributed by atoms with Gasteiger partial charge in [0.2, 0.25) is 0 Å². The number of benzene rings is 2. The van der Waals surface area contributed by atoms with Gasteiger partial charge in [-0.25, -0.2) is 0 Å². The Hall–Kier alpha value is -2.33. The highest BCUT2D eigenvalue weighted by atomic mass is 32.2. The Morgan fingerprint density at radius 3 is 2.56 bits per heavy atom. The molecule has 0 atom stereocenters. The fourth-order valence-electron chi connectivity index (χ4n) is 2.62. The van der Waals surface area contributed by atoms with Crippen molar-refractivity contribution in [3.05, 3.63) is 71.9 Å². The van der Waals surface area contributed by atoms with Crippen LogP contribution in [0.4, 0.5) is 0 Å². The smallest absolute Gasteiger partial charge is 0.252 e. The maximum atomic E-state index is 12.6. The normalized spacial score (nSPS) is 11.5. The molecule has 0 spiro atoms. The van der Waals surface area contributed by atoms with E-state index in [9.17, 15) is 4.79 Å². The molecule has 3 rings (SSSR count). The van der Waals surface area contributed by atoms with Gasteiger partial charge >= 0.3 is 0 Å². The maximum absolute atomic E-state index is 12.6. The van der Waals surface area contributed by atoms with Crippen molar-refractivity contribution in [2.24, 2.45) is 0 Å². The zero-order valence-electron chi connectivity index (χ0n) is 14.7. The topological polar surface area (TPSA) is 42.0 Å². The first-order valence-corrected chi connectivity index (χ1v) is 9.29. The number of fused-ring (bicyclic) bond motifs is 1. The maximum Gasteiger partial charge on any atom is 0.252 e. The number of nitrogens with one attached hydrogen (secondary N) is 1. The van der Waals surface area contributed by atoms with Crippen molar-refractivity contribution < 1.29 is 4.79 Å². The molecule has 4 heteroatoms. The summed E-state index contributed by atoms with van der Waals surface area (Å²) < 4.78 is 0. The molecule has 0 aliphatic rings. The fraction of sp³-hybridized carbons (Fsp3) is 0.238. The molecule has 0 unspecified atom stereocenters. The molecule has 0 saturated heterocycles. The number of hydrogen-bond donors (Lipinski definition) is 1. The molecule has 0 saturated carbocycles. The molecule has 3 nitrogen and oxygen atoms in total. The van der Waals surface area contributed by atoms with Crippen molar-refractivity contribution in [1.29, 1.82) is 0 Å². The van der Waals surface area contributed by atoms with Crippen LogP contribution in [0.2, 0.25) is 0 Å². The number of nitrogens with zero attached hydrogens (tertiary/aromatic N) is 1. The second kappa shape index (κ2) is 7.28. The van der Waals surface area contributed by atoms with E-state index in [-0.39, 0.29) is 11.4 Å². The SMILES string of the molecule is CC(C)(C)NC(=O)c1ccccc1SCc1ccnc2ccccc12. The lowest BCUT2D eigenvalue weighted by Crippen LogP contribution is -2.40. The van der Waals surface area contributed by atoms with Crippen molar-refractivity contribution >= 4 is 28.6 Å². The Balaban J connectivity index is 1.83. The molecule has 128 valence electrons. The van der Waals surface area contributed by atoms with E-state index in [4.69, 9.17) is 0 Å². The number of hydrogen-bond acceptors (Lipinski definition) is 3. The van der Waals surface area contributed by atoms with Gasteiger partial charge in [0, 0.05) is 27.8 Å². The van der Waals surface area contributed by atoms with E-state index in [1.165, 1.54) is 5.56 Å². The zero-order valence-corrected chi connectivity index (χ0v) is 15.6. The Bertz CT molecular complexity index is 894. The number of carbonyl (C=O) groups is 1. The van der Waals surface area contributed by atoms with E-state index in [2.05, 4.69) is 16.4 Å². The molecular formula is C21H22N2OS. The van der Waals surface area contributed by atoms with Crippen LogP contribution in [0.25, 0.3) is 10.9 Å². The lowest BCUT2D eigenvalue weighted by Gasteiger charge is -2.21. The van der Waals surface area contributed by atoms with Gasteiger partial charge in [0.25, 0.3) is 5.91 Å². The van der Waals surface area contributed by atoms with Crippen LogP contribution < -0.4 is 5.32 Å². The number of amides is 1.